The van der Waals surface area contributed by atoms with E-state index in [4.69, 9.17) is 14.2 Å². The fraction of sp³-hybridized carbons (Fsp3) is 0.438. The summed E-state index contributed by atoms with van der Waals surface area (Å²) in [5.74, 6) is -0.440. The number of nitrogens with zero attached hydrogens (tertiary/aromatic N) is 1. The summed E-state index contributed by atoms with van der Waals surface area (Å²) in [6.45, 7) is 4.14. The van der Waals surface area contributed by atoms with E-state index in [1.165, 1.54) is 18.4 Å². The molecule has 0 aliphatic carbocycles. The van der Waals surface area contributed by atoms with Crippen molar-refractivity contribution in [2.45, 2.75) is 50.4 Å². The number of ether oxygens (including phenoxy) is 3. The Labute approximate surface area is 257 Å². The van der Waals surface area contributed by atoms with Gasteiger partial charge in [-0.15, -0.1) is 11.3 Å². The van der Waals surface area contributed by atoms with Crippen LogP contribution in [0.15, 0.2) is 54.6 Å². The molecule has 1 aromatic heterocycles. The molecular weight excluding hydrogens is 588 g/mol. The standard InChI is InChI=1S/C32H38N2O7S2/c1-22-29(40-20-28(35)41-27-11-15-33-16-12-27)31(32(36)39-2)42-30(22)26-10-6-9-25(19-26)24-13-17-34(18-14-24)43(37,38)21-23-7-4-3-5-8-23/h3-10,19,24,27,33H,11-18,20-21H2,1-2H3. The van der Waals surface area contributed by atoms with Crippen molar-refractivity contribution in [2.24, 2.45) is 0 Å². The van der Waals surface area contributed by atoms with Gasteiger partial charge in [-0.2, -0.15) is 0 Å². The monoisotopic (exact) mass is 626 g/mol. The van der Waals surface area contributed by atoms with Crippen LogP contribution in [-0.2, 0) is 30.0 Å². The van der Waals surface area contributed by atoms with Crippen LogP contribution in [-0.4, -0.2) is 70.7 Å². The predicted molar refractivity (Wildman–Crippen MR) is 166 cm³/mol. The third-order valence-corrected chi connectivity index (χ3v) is 11.2. The third-order valence-electron chi connectivity index (χ3n) is 8.04. The smallest absolute Gasteiger partial charge is 0.351 e. The van der Waals surface area contributed by atoms with E-state index in [1.54, 1.807) is 4.31 Å². The number of carbonyl (C=O) groups excluding carboxylic acids is 2. The quantitative estimate of drug-likeness (QED) is 0.317. The van der Waals surface area contributed by atoms with E-state index in [9.17, 15) is 18.0 Å². The van der Waals surface area contributed by atoms with Crippen LogP contribution in [0, 0.1) is 6.92 Å². The van der Waals surface area contributed by atoms with Gasteiger partial charge in [0.15, 0.2) is 11.5 Å². The van der Waals surface area contributed by atoms with Gasteiger partial charge in [0.2, 0.25) is 10.0 Å². The van der Waals surface area contributed by atoms with E-state index in [1.807, 2.05) is 49.4 Å². The van der Waals surface area contributed by atoms with Crippen LogP contribution >= 0.6 is 11.3 Å². The summed E-state index contributed by atoms with van der Waals surface area (Å²) in [6.07, 6.45) is 2.85. The number of hydrogen-bond donors (Lipinski definition) is 1. The van der Waals surface area contributed by atoms with Crippen LogP contribution < -0.4 is 10.1 Å². The molecule has 5 rings (SSSR count). The molecule has 2 aliphatic heterocycles. The Bertz CT molecular complexity index is 1520. The molecule has 0 saturated carbocycles. The number of methoxy groups -OCH3 is 1. The molecule has 0 amide bonds. The van der Waals surface area contributed by atoms with Crippen LogP contribution in [0.5, 0.6) is 5.75 Å². The normalized spacial score (nSPS) is 17.0. The molecule has 0 atom stereocenters. The molecule has 1 N–H and O–H groups in total. The molecule has 2 fully saturated rings. The third kappa shape index (κ3) is 7.64. The predicted octanol–water partition coefficient (Wildman–Crippen LogP) is 4.89. The molecule has 3 heterocycles. The Morgan fingerprint density at radius 3 is 2.42 bits per heavy atom. The Morgan fingerprint density at radius 2 is 1.72 bits per heavy atom. The number of nitrogens with one attached hydrogen (secondary N) is 1. The highest BCUT2D eigenvalue weighted by Gasteiger charge is 2.30. The van der Waals surface area contributed by atoms with Crippen molar-refractivity contribution in [1.29, 1.82) is 0 Å². The first-order chi connectivity index (χ1) is 20.7. The van der Waals surface area contributed by atoms with Crippen molar-refractivity contribution in [3.8, 4) is 16.2 Å². The highest BCUT2D eigenvalue weighted by atomic mass is 32.2. The highest BCUT2D eigenvalue weighted by molar-refractivity contribution is 7.88. The minimum Gasteiger partial charge on any atom is -0.480 e. The lowest BCUT2D eigenvalue weighted by Gasteiger charge is -2.31. The van der Waals surface area contributed by atoms with E-state index in [-0.39, 0.29) is 24.4 Å². The van der Waals surface area contributed by atoms with E-state index in [2.05, 4.69) is 17.4 Å². The van der Waals surface area contributed by atoms with Crippen LogP contribution in [0.25, 0.3) is 10.4 Å². The van der Waals surface area contributed by atoms with Gasteiger partial charge >= 0.3 is 11.9 Å². The zero-order valence-corrected chi connectivity index (χ0v) is 26.2. The van der Waals surface area contributed by atoms with E-state index in [0.717, 1.165) is 65.9 Å². The van der Waals surface area contributed by atoms with Crippen molar-refractivity contribution in [3.05, 3.63) is 76.2 Å². The summed E-state index contributed by atoms with van der Waals surface area (Å²) in [6, 6.07) is 17.4. The van der Waals surface area contributed by atoms with Gasteiger partial charge in [-0.1, -0.05) is 54.6 Å². The lowest BCUT2D eigenvalue weighted by molar-refractivity contribution is -0.152. The summed E-state index contributed by atoms with van der Waals surface area (Å²) in [4.78, 5) is 26.3. The Balaban J connectivity index is 1.27. The minimum atomic E-state index is -3.39. The number of piperidine rings is 2. The first-order valence-corrected chi connectivity index (χ1v) is 17.0. The average molecular weight is 627 g/mol. The number of thiophene rings is 1. The van der Waals surface area contributed by atoms with Gasteiger partial charge in [-0.3, -0.25) is 0 Å². The summed E-state index contributed by atoms with van der Waals surface area (Å²) >= 11 is 1.27. The summed E-state index contributed by atoms with van der Waals surface area (Å²) in [5, 5.41) is 3.24. The van der Waals surface area contributed by atoms with Gasteiger partial charge in [0.05, 0.1) is 12.9 Å². The number of esters is 2. The zero-order chi connectivity index (χ0) is 30.4. The molecule has 230 valence electrons. The van der Waals surface area contributed by atoms with Crippen molar-refractivity contribution in [2.75, 3.05) is 39.9 Å². The summed E-state index contributed by atoms with van der Waals surface area (Å²) < 4.78 is 44.1. The second kappa shape index (κ2) is 14.0. The minimum absolute atomic E-state index is 0.00830. The first kappa shape index (κ1) is 31.2. The van der Waals surface area contributed by atoms with Crippen molar-refractivity contribution in [1.82, 2.24) is 9.62 Å². The number of hydrogen-bond acceptors (Lipinski definition) is 9. The Kier molecular flexibility index (Phi) is 10.2. The molecule has 2 saturated heterocycles. The van der Waals surface area contributed by atoms with Gasteiger partial charge in [-0.05, 0) is 68.3 Å². The number of benzene rings is 2. The topological polar surface area (TPSA) is 111 Å². The molecule has 9 nitrogen and oxygen atoms in total. The Hall–Kier alpha value is -3.25. The fourth-order valence-corrected chi connectivity index (χ4v) is 8.45. The van der Waals surface area contributed by atoms with Crippen LogP contribution in [0.4, 0.5) is 0 Å². The van der Waals surface area contributed by atoms with Gasteiger partial charge in [-0.25, -0.2) is 22.3 Å². The van der Waals surface area contributed by atoms with Crippen LogP contribution in [0.2, 0.25) is 0 Å². The van der Waals surface area contributed by atoms with E-state index < -0.39 is 22.0 Å². The fourth-order valence-electron chi connectivity index (χ4n) is 5.72. The highest BCUT2D eigenvalue weighted by Crippen LogP contribution is 2.43. The maximum Gasteiger partial charge on any atom is 0.351 e. The second-order valence-electron chi connectivity index (χ2n) is 11.0. The number of rotatable bonds is 10. The van der Waals surface area contributed by atoms with Crippen molar-refractivity contribution < 1.29 is 32.2 Å². The van der Waals surface area contributed by atoms with Gasteiger partial charge in [0, 0.05) is 23.5 Å². The SMILES string of the molecule is COC(=O)c1sc(-c2cccc(C3CCN(S(=O)(=O)Cc4ccccc4)CC3)c2)c(C)c1OCC(=O)OC1CCNCC1. The molecule has 0 unspecified atom stereocenters. The lowest BCUT2D eigenvalue weighted by atomic mass is 9.89. The maximum absolute atomic E-state index is 13.0. The Morgan fingerprint density at radius 1 is 1.00 bits per heavy atom. The molecular formula is C32H38N2O7S2. The van der Waals surface area contributed by atoms with E-state index in [0.29, 0.717) is 23.7 Å². The first-order valence-electron chi connectivity index (χ1n) is 14.6. The molecule has 0 radical (unpaired) electrons. The van der Waals surface area contributed by atoms with Gasteiger partial charge in [0.25, 0.3) is 0 Å². The molecule has 43 heavy (non-hydrogen) atoms. The van der Waals surface area contributed by atoms with E-state index >= 15 is 0 Å². The zero-order valence-electron chi connectivity index (χ0n) is 24.5. The second-order valence-corrected chi connectivity index (χ2v) is 14.0. The molecule has 3 aromatic rings. The average Bonchev–Trinajstić information content (AvgIpc) is 3.36. The molecule has 2 aliphatic rings. The lowest BCUT2D eigenvalue weighted by Crippen LogP contribution is -2.38. The molecule has 11 heteroatoms. The van der Waals surface area contributed by atoms with Gasteiger partial charge in [0.1, 0.15) is 11.9 Å². The van der Waals surface area contributed by atoms with Crippen LogP contribution in [0.3, 0.4) is 0 Å². The number of carbonyl (C=O) groups is 2. The van der Waals surface area contributed by atoms with Crippen molar-refractivity contribution in [3.63, 3.8) is 0 Å². The molecule has 0 bridgehead atoms. The molecule has 2 aromatic carbocycles. The largest absolute Gasteiger partial charge is 0.480 e. The summed E-state index contributed by atoms with van der Waals surface area (Å²) in [5.41, 5.74) is 3.59. The van der Waals surface area contributed by atoms with Gasteiger partial charge < -0.3 is 19.5 Å². The van der Waals surface area contributed by atoms with Crippen molar-refractivity contribution >= 4 is 33.3 Å². The number of sulfonamides is 1. The van der Waals surface area contributed by atoms with Crippen LogP contribution in [0.1, 0.15) is 58.0 Å². The summed E-state index contributed by atoms with van der Waals surface area (Å²) in [7, 11) is -2.07. The maximum atomic E-state index is 13.0. The molecule has 0 spiro atoms.